The number of hydrogen-bond acceptors (Lipinski definition) is 3. The van der Waals surface area contributed by atoms with E-state index >= 15 is 0 Å². The molecule has 0 spiro atoms. The molecule has 4 heteroatoms. The van der Waals surface area contributed by atoms with E-state index in [4.69, 9.17) is 5.41 Å². The monoisotopic (exact) mass is 144 g/mol. The first-order valence-electron chi connectivity index (χ1n) is 3.11. The molecule has 0 aromatic rings. The van der Waals surface area contributed by atoms with Crippen molar-refractivity contribution < 1.29 is 9.53 Å². The van der Waals surface area contributed by atoms with Crippen molar-refractivity contribution in [1.29, 1.82) is 5.41 Å². The molecule has 0 saturated carbocycles. The molecule has 0 rings (SSSR count). The standard InChI is InChI=1S/C6H12N2O2/c1-3-10-6(9)4-8-5(2)7/h3-4H2,1-2H3,(H2,7,8). The number of amidine groups is 1. The third kappa shape index (κ3) is 5.08. The lowest BCUT2D eigenvalue weighted by molar-refractivity contribution is -0.141. The van der Waals surface area contributed by atoms with Crippen molar-refractivity contribution in [2.75, 3.05) is 13.2 Å². The van der Waals surface area contributed by atoms with Gasteiger partial charge in [-0.3, -0.25) is 10.2 Å². The van der Waals surface area contributed by atoms with Crippen LogP contribution in [0.3, 0.4) is 0 Å². The summed E-state index contributed by atoms with van der Waals surface area (Å²) in [5, 5.41) is 9.44. The highest BCUT2D eigenvalue weighted by atomic mass is 16.5. The maximum absolute atomic E-state index is 10.6. The summed E-state index contributed by atoms with van der Waals surface area (Å²) < 4.78 is 4.59. The number of carbonyl (C=O) groups excluding carboxylic acids is 1. The number of nitrogens with one attached hydrogen (secondary N) is 2. The minimum absolute atomic E-state index is 0.0865. The van der Waals surface area contributed by atoms with Crippen molar-refractivity contribution in [1.82, 2.24) is 5.32 Å². The van der Waals surface area contributed by atoms with E-state index in [0.29, 0.717) is 6.61 Å². The summed E-state index contributed by atoms with van der Waals surface area (Å²) in [5.74, 6) is -0.0536. The fourth-order valence-electron chi connectivity index (χ4n) is 0.417. The fourth-order valence-corrected chi connectivity index (χ4v) is 0.417. The average Bonchev–Trinajstić information content (AvgIpc) is 1.85. The summed E-state index contributed by atoms with van der Waals surface area (Å²) in [5.41, 5.74) is 0. The van der Waals surface area contributed by atoms with E-state index in [0.717, 1.165) is 0 Å². The molecule has 0 amide bonds. The summed E-state index contributed by atoms with van der Waals surface area (Å²) in [7, 11) is 0. The molecule has 0 fully saturated rings. The highest BCUT2D eigenvalue weighted by Crippen LogP contribution is 1.74. The zero-order valence-corrected chi connectivity index (χ0v) is 6.23. The van der Waals surface area contributed by atoms with Crippen LogP contribution >= 0.6 is 0 Å². The minimum atomic E-state index is -0.325. The van der Waals surface area contributed by atoms with E-state index < -0.39 is 0 Å². The molecule has 58 valence electrons. The van der Waals surface area contributed by atoms with Gasteiger partial charge in [0.25, 0.3) is 0 Å². The molecule has 0 atom stereocenters. The quantitative estimate of drug-likeness (QED) is 0.336. The van der Waals surface area contributed by atoms with Gasteiger partial charge in [-0.1, -0.05) is 0 Å². The maximum Gasteiger partial charge on any atom is 0.325 e. The number of rotatable bonds is 3. The summed E-state index contributed by atoms with van der Waals surface area (Å²) in [6, 6.07) is 0. The Bertz CT molecular complexity index is 134. The van der Waals surface area contributed by atoms with Crippen molar-refractivity contribution in [3.05, 3.63) is 0 Å². The molecule has 0 saturated heterocycles. The van der Waals surface area contributed by atoms with E-state index in [1.54, 1.807) is 13.8 Å². The van der Waals surface area contributed by atoms with E-state index in [1.807, 2.05) is 0 Å². The second-order valence-corrected chi connectivity index (χ2v) is 1.78. The molecule has 4 nitrogen and oxygen atoms in total. The van der Waals surface area contributed by atoms with Gasteiger partial charge in [0.2, 0.25) is 0 Å². The normalized spacial score (nSPS) is 8.60. The van der Waals surface area contributed by atoms with Crippen molar-refractivity contribution >= 4 is 11.8 Å². The molecule has 0 unspecified atom stereocenters. The van der Waals surface area contributed by atoms with Gasteiger partial charge in [-0.05, 0) is 13.8 Å². The van der Waals surface area contributed by atoms with Gasteiger partial charge in [0.15, 0.2) is 0 Å². The van der Waals surface area contributed by atoms with Crippen LogP contribution in [0.5, 0.6) is 0 Å². The predicted molar refractivity (Wildman–Crippen MR) is 38.0 cm³/mol. The molecular formula is C6H12N2O2. The molecule has 0 aromatic carbocycles. The lowest BCUT2D eigenvalue weighted by Crippen LogP contribution is -2.27. The lowest BCUT2D eigenvalue weighted by atomic mass is 10.6. The number of ether oxygens (including phenoxy) is 1. The Kier molecular flexibility index (Phi) is 4.28. The summed E-state index contributed by atoms with van der Waals surface area (Å²) >= 11 is 0. The van der Waals surface area contributed by atoms with Crippen LogP contribution in [0, 0.1) is 5.41 Å². The van der Waals surface area contributed by atoms with Crippen LogP contribution in [0.1, 0.15) is 13.8 Å². The minimum Gasteiger partial charge on any atom is -0.465 e. The van der Waals surface area contributed by atoms with E-state index in [2.05, 4.69) is 10.1 Å². The van der Waals surface area contributed by atoms with Crippen LogP contribution in [0.4, 0.5) is 0 Å². The smallest absolute Gasteiger partial charge is 0.325 e. The average molecular weight is 144 g/mol. The zero-order valence-electron chi connectivity index (χ0n) is 6.23. The van der Waals surface area contributed by atoms with Gasteiger partial charge in [0.05, 0.1) is 12.4 Å². The third-order valence-electron chi connectivity index (χ3n) is 0.803. The maximum atomic E-state index is 10.6. The van der Waals surface area contributed by atoms with Crippen LogP contribution in [-0.2, 0) is 9.53 Å². The van der Waals surface area contributed by atoms with Gasteiger partial charge in [-0.15, -0.1) is 0 Å². The molecule has 0 aliphatic carbocycles. The largest absolute Gasteiger partial charge is 0.465 e. The second kappa shape index (κ2) is 4.78. The van der Waals surface area contributed by atoms with Crippen LogP contribution in [-0.4, -0.2) is 25.0 Å². The van der Waals surface area contributed by atoms with Gasteiger partial charge in [0, 0.05) is 0 Å². The third-order valence-corrected chi connectivity index (χ3v) is 0.803. The molecule has 0 aliphatic heterocycles. The van der Waals surface area contributed by atoms with Crippen LogP contribution < -0.4 is 5.32 Å². The first-order chi connectivity index (χ1) is 4.66. The van der Waals surface area contributed by atoms with E-state index in [1.165, 1.54) is 0 Å². The molecule has 0 bridgehead atoms. The van der Waals surface area contributed by atoms with E-state index in [-0.39, 0.29) is 18.3 Å². The van der Waals surface area contributed by atoms with Crippen molar-refractivity contribution in [3.63, 3.8) is 0 Å². The molecule has 2 N–H and O–H groups in total. The molecule has 0 aliphatic rings. The van der Waals surface area contributed by atoms with Crippen LogP contribution in [0.15, 0.2) is 0 Å². The van der Waals surface area contributed by atoms with Crippen LogP contribution in [0.25, 0.3) is 0 Å². The Morgan fingerprint density at radius 3 is 2.70 bits per heavy atom. The molecule has 0 radical (unpaired) electrons. The van der Waals surface area contributed by atoms with Gasteiger partial charge in [-0.2, -0.15) is 0 Å². The van der Waals surface area contributed by atoms with E-state index in [9.17, 15) is 4.79 Å². The Balaban J connectivity index is 3.30. The first-order valence-corrected chi connectivity index (χ1v) is 3.11. The lowest BCUT2D eigenvalue weighted by Gasteiger charge is -2.02. The Labute approximate surface area is 60.1 Å². The van der Waals surface area contributed by atoms with Gasteiger partial charge >= 0.3 is 5.97 Å². The molecule has 0 heterocycles. The topological polar surface area (TPSA) is 62.2 Å². The summed E-state index contributed by atoms with van der Waals surface area (Å²) in [4.78, 5) is 10.6. The number of hydrogen-bond donors (Lipinski definition) is 2. The van der Waals surface area contributed by atoms with Crippen molar-refractivity contribution in [3.8, 4) is 0 Å². The van der Waals surface area contributed by atoms with Crippen molar-refractivity contribution in [2.24, 2.45) is 0 Å². The van der Waals surface area contributed by atoms with Crippen molar-refractivity contribution in [2.45, 2.75) is 13.8 Å². The first kappa shape index (κ1) is 8.94. The fraction of sp³-hybridized carbons (Fsp3) is 0.667. The number of carbonyl (C=O) groups is 1. The molecule has 0 aromatic heterocycles. The Morgan fingerprint density at radius 1 is 1.70 bits per heavy atom. The second-order valence-electron chi connectivity index (χ2n) is 1.78. The SMILES string of the molecule is CCOC(=O)CNC(C)=N. The molecular weight excluding hydrogens is 132 g/mol. The summed E-state index contributed by atoms with van der Waals surface area (Å²) in [6.07, 6.45) is 0. The van der Waals surface area contributed by atoms with Gasteiger partial charge in [0.1, 0.15) is 6.54 Å². The van der Waals surface area contributed by atoms with Gasteiger partial charge in [-0.25, -0.2) is 0 Å². The summed E-state index contributed by atoms with van der Waals surface area (Å²) in [6.45, 7) is 3.79. The highest BCUT2D eigenvalue weighted by molar-refractivity contribution is 5.81. The zero-order chi connectivity index (χ0) is 7.98. The van der Waals surface area contributed by atoms with Crippen LogP contribution in [0.2, 0.25) is 0 Å². The molecule has 10 heavy (non-hydrogen) atoms. The number of esters is 1. The predicted octanol–water partition coefficient (Wildman–Crippen LogP) is 0.136. The Hall–Kier alpha value is -1.06. The van der Waals surface area contributed by atoms with Gasteiger partial charge < -0.3 is 10.1 Å². The highest BCUT2D eigenvalue weighted by Gasteiger charge is 1.98. The Morgan fingerprint density at radius 2 is 2.30 bits per heavy atom.